The van der Waals surface area contributed by atoms with E-state index in [0.29, 0.717) is 0 Å². The summed E-state index contributed by atoms with van der Waals surface area (Å²) in [7, 11) is -1.53. The number of sulfone groups is 1. The van der Waals surface area contributed by atoms with E-state index >= 15 is 0 Å². The predicted molar refractivity (Wildman–Crippen MR) is 106 cm³/mol. The van der Waals surface area contributed by atoms with Crippen molar-refractivity contribution in [1.82, 2.24) is 10.2 Å². The quantitative estimate of drug-likeness (QED) is 0.579. The molecule has 1 heterocycles. The molecule has 29 heavy (non-hydrogen) atoms. The van der Waals surface area contributed by atoms with Crippen LogP contribution in [0.3, 0.4) is 0 Å². The van der Waals surface area contributed by atoms with Crippen LogP contribution >= 0.6 is 0 Å². The van der Waals surface area contributed by atoms with E-state index in [1.165, 1.54) is 33.2 Å². The number of benzene rings is 1. The van der Waals surface area contributed by atoms with E-state index in [1.807, 2.05) is 0 Å². The van der Waals surface area contributed by atoms with Gasteiger partial charge in [-0.2, -0.15) is 0 Å². The van der Waals surface area contributed by atoms with E-state index in [1.54, 1.807) is 39.8 Å². The summed E-state index contributed by atoms with van der Waals surface area (Å²) in [6, 6.07) is 5.91. The van der Waals surface area contributed by atoms with Crippen LogP contribution in [-0.4, -0.2) is 56.3 Å². The van der Waals surface area contributed by atoms with Crippen molar-refractivity contribution in [3.63, 3.8) is 0 Å². The van der Waals surface area contributed by atoms with E-state index in [4.69, 9.17) is 4.74 Å². The van der Waals surface area contributed by atoms with Gasteiger partial charge in [0.15, 0.2) is 4.91 Å². The van der Waals surface area contributed by atoms with E-state index in [2.05, 4.69) is 5.32 Å². The summed E-state index contributed by atoms with van der Waals surface area (Å²) < 4.78 is 31.5. The first-order valence-electron chi connectivity index (χ1n) is 8.95. The summed E-state index contributed by atoms with van der Waals surface area (Å²) >= 11 is 0. The first-order chi connectivity index (χ1) is 13.1. The average Bonchev–Trinajstić information content (AvgIpc) is 2.85. The van der Waals surface area contributed by atoms with Crippen LogP contribution in [0.5, 0.6) is 0 Å². The minimum absolute atomic E-state index is 0.126. The monoisotopic (exact) mass is 422 g/mol. The van der Waals surface area contributed by atoms with Gasteiger partial charge < -0.3 is 15.0 Å². The number of amides is 2. The lowest BCUT2D eigenvalue weighted by atomic mass is 9.91. The molecule has 0 spiro atoms. The van der Waals surface area contributed by atoms with Gasteiger partial charge in [-0.1, -0.05) is 17.7 Å². The predicted octanol–water partition coefficient (Wildman–Crippen LogP) is 1.34. The Morgan fingerprint density at radius 3 is 2.03 bits per heavy atom. The molecular weight excluding hydrogens is 396 g/mol. The zero-order chi connectivity index (χ0) is 22.4. The maximum absolute atomic E-state index is 13.1. The lowest BCUT2D eigenvalue weighted by Crippen LogP contribution is -2.61. The molecule has 0 fully saturated rings. The molecule has 0 saturated carbocycles. The van der Waals surface area contributed by atoms with Crippen LogP contribution in [-0.2, 0) is 29.0 Å². The number of likely N-dealkylation sites (N-methyl/N-ethyl adjacent to an activating group) is 1. The first-order valence-corrected chi connectivity index (χ1v) is 10.4. The fourth-order valence-corrected chi connectivity index (χ4v) is 4.52. The lowest BCUT2D eigenvalue weighted by Gasteiger charge is -2.32. The molecule has 1 atom stereocenters. The van der Waals surface area contributed by atoms with Crippen LogP contribution < -0.4 is 5.32 Å². The SMILES string of the molecule is CC1=C(S(=O)(=O)c2ccc(C)cc2)C(=O)OC1(C(=O)NC(C)(C)C)C(=O)N(C)C. The Morgan fingerprint density at radius 2 is 1.59 bits per heavy atom. The van der Waals surface area contributed by atoms with E-state index in [-0.39, 0.29) is 10.5 Å². The third kappa shape index (κ3) is 3.91. The minimum atomic E-state index is -4.31. The Kier molecular flexibility index (Phi) is 5.68. The third-order valence-corrected chi connectivity index (χ3v) is 6.32. The summed E-state index contributed by atoms with van der Waals surface area (Å²) in [6.45, 7) is 8.13. The van der Waals surface area contributed by atoms with Crippen LogP contribution in [0.4, 0.5) is 0 Å². The van der Waals surface area contributed by atoms with Gasteiger partial charge in [-0.15, -0.1) is 0 Å². The molecule has 1 aromatic carbocycles. The number of nitrogens with one attached hydrogen (secondary N) is 1. The van der Waals surface area contributed by atoms with Gasteiger partial charge in [-0.25, -0.2) is 13.2 Å². The molecule has 1 aliphatic rings. The highest BCUT2D eigenvalue weighted by Gasteiger charge is 2.61. The zero-order valence-electron chi connectivity index (χ0n) is 17.6. The smallest absolute Gasteiger partial charge is 0.352 e. The fraction of sp³-hybridized carbons (Fsp3) is 0.450. The molecule has 2 rings (SSSR count). The molecule has 158 valence electrons. The summed E-state index contributed by atoms with van der Waals surface area (Å²) in [6.07, 6.45) is 0. The van der Waals surface area contributed by atoms with Crippen molar-refractivity contribution in [3.05, 3.63) is 40.3 Å². The van der Waals surface area contributed by atoms with Crippen molar-refractivity contribution in [3.8, 4) is 0 Å². The number of nitrogens with zero attached hydrogens (tertiary/aromatic N) is 1. The fourth-order valence-electron chi connectivity index (χ4n) is 2.98. The summed E-state index contributed by atoms with van der Waals surface area (Å²) in [5, 5.41) is 2.62. The van der Waals surface area contributed by atoms with Gasteiger partial charge in [-0.05, 0) is 46.8 Å². The summed E-state index contributed by atoms with van der Waals surface area (Å²) in [5.41, 5.74) is -2.56. The molecule has 0 saturated heterocycles. The maximum Gasteiger partial charge on any atom is 0.352 e. The second-order valence-corrected chi connectivity index (χ2v) is 10.1. The standard InChI is InChI=1S/C20H26N2O6S/c1-12-8-10-14(11-9-12)29(26,27)15-13(2)20(28-16(15)23,18(25)22(6)7)17(24)21-19(3,4)5/h8-11H,1-7H3,(H,21,24). The van der Waals surface area contributed by atoms with Crippen LogP contribution in [0.15, 0.2) is 39.6 Å². The largest absolute Gasteiger partial charge is 0.430 e. The van der Waals surface area contributed by atoms with Crippen LogP contribution in [0.1, 0.15) is 33.3 Å². The van der Waals surface area contributed by atoms with Crippen LogP contribution in [0.25, 0.3) is 0 Å². The van der Waals surface area contributed by atoms with Crippen molar-refractivity contribution in [2.75, 3.05) is 14.1 Å². The van der Waals surface area contributed by atoms with Gasteiger partial charge in [0.05, 0.1) is 4.90 Å². The van der Waals surface area contributed by atoms with E-state index < -0.39 is 43.7 Å². The van der Waals surface area contributed by atoms with Crippen LogP contribution in [0, 0.1) is 6.92 Å². The molecule has 1 aromatic rings. The lowest BCUT2D eigenvalue weighted by molar-refractivity contribution is -0.168. The first kappa shape index (κ1) is 22.6. The van der Waals surface area contributed by atoms with E-state index in [0.717, 1.165) is 10.5 Å². The number of esters is 1. The molecule has 1 unspecified atom stereocenters. The number of carbonyl (C=O) groups is 3. The molecule has 8 nitrogen and oxygen atoms in total. The van der Waals surface area contributed by atoms with Gasteiger partial charge in [0.2, 0.25) is 9.84 Å². The number of rotatable bonds is 4. The second-order valence-electron chi connectivity index (χ2n) is 8.25. The topological polar surface area (TPSA) is 110 Å². The zero-order valence-corrected chi connectivity index (χ0v) is 18.4. The highest BCUT2D eigenvalue weighted by Crippen LogP contribution is 2.39. The van der Waals surface area contributed by atoms with Crippen molar-refractivity contribution in [2.24, 2.45) is 0 Å². The number of hydrogen-bond donors (Lipinski definition) is 1. The average molecular weight is 423 g/mol. The van der Waals surface area contributed by atoms with Gasteiger partial charge >= 0.3 is 5.97 Å². The number of carbonyl (C=O) groups excluding carboxylic acids is 3. The molecule has 9 heteroatoms. The van der Waals surface area contributed by atoms with Crippen LogP contribution in [0.2, 0.25) is 0 Å². The van der Waals surface area contributed by atoms with Crippen molar-refractivity contribution in [2.45, 2.75) is 50.7 Å². The van der Waals surface area contributed by atoms with Gasteiger partial charge in [0.25, 0.3) is 17.4 Å². The minimum Gasteiger partial charge on any atom is -0.430 e. The summed E-state index contributed by atoms with van der Waals surface area (Å²) in [5.74, 6) is -2.98. The summed E-state index contributed by atoms with van der Waals surface area (Å²) in [4.78, 5) is 39.0. The molecule has 0 bridgehead atoms. The Hall–Kier alpha value is -2.68. The molecule has 0 aliphatic carbocycles. The number of hydrogen-bond acceptors (Lipinski definition) is 6. The van der Waals surface area contributed by atoms with Crippen molar-refractivity contribution in [1.29, 1.82) is 0 Å². The Labute approximate surface area is 170 Å². The molecule has 2 amide bonds. The number of cyclic esters (lactones) is 1. The Balaban J connectivity index is 2.74. The molecule has 1 aliphatic heterocycles. The Bertz CT molecular complexity index is 1000. The highest BCUT2D eigenvalue weighted by molar-refractivity contribution is 7.96. The molecule has 1 N–H and O–H groups in total. The number of aryl methyl sites for hydroxylation is 1. The van der Waals surface area contributed by atoms with Gasteiger partial charge in [0.1, 0.15) is 0 Å². The highest BCUT2D eigenvalue weighted by atomic mass is 32.2. The second kappa shape index (κ2) is 7.29. The van der Waals surface area contributed by atoms with Gasteiger partial charge in [-0.3, -0.25) is 9.59 Å². The third-order valence-electron chi connectivity index (χ3n) is 4.42. The normalized spacial score (nSPS) is 19.8. The van der Waals surface area contributed by atoms with Crippen molar-refractivity contribution < 1.29 is 27.5 Å². The van der Waals surface area contributed by atoms with Gasteiger partial charge in [0, 0.05) is 25.2 Å². The number of ether oxygens (including phenoxy) is 1. The van der Waals surface area contributed by atoms with E-state index in [9.17, 15) is 22.8 Å². The molecule has 0 radical (unpaired) electrons. The maximum atomic E-state index is 13.1. The molecular formula is C20H26N2O6S. The van der Waals surface area contributed by atoms with Crippen molar-refractivity contribution >= 4 is 27.6 Å². The molecule has 0 aromatic heterocycles. The Morgan fingerprint density at radius 1 is 1.07 bits per heavy atom.